The summed E-state index contributed by atoms with van der Waals surface area (Å²) in [4.78, 5) is 23.7. The Kier molecular flexibility index (Phi) is 2.50. The molecule has 0 amide bonds. The van der Waals surface area contributed by atoms with Crippen molar-refractivity contribution < 1.29 is 19.4 Å². The van der Waals surface area contributed by atoms with E-state index in [2.05, 4.69) is 0 Å². The molecule has 3 aromatic rings. The molecule has 5 nitrogen and oxygen atoms in total. The van der Waals surface area contributed by atoms with E-state index in [1.807, 2.05) is 6.92 Å². The van der Waals surface area contributed by atoms with Gasteiger partial charge in [-0.1, -0.05) is 11.6 Å². The normalized spacial score (nSPS) is 11.1. The Labute approximate surface area is 112 Å². The van der Waals surface area contributed by atoms with Crippen LogP contribution >= 0.6 is 0 Å². The lowest BCUT2D eigenvalue weighted by molar-refractivity contribution is 0.0696. The van der Waals surface area contributed by atoms with E-state index in [1.54, 1.807) is 18.2 Å². The number of carboxylic acids is 1. The first kappa shape index (κ1) is 12.2. The SMILES string of the molecule is Cc1ccc2oc3ccc(O)c(C(=O)O)c3c(=O)c2c1. The molecule has 1 heterocycles. The number of hydrogen-bond donors (Lipinski definition) is 2. The zero-order chi connectivity index (χ0) is 14.4. The van der Waals surface area contributed by atoms with Gasteiger partial charge in [-0.15, -0.1) is 0 Å². The molecule has 0 unspecified atom stereocenters. The average Bonchev–Trinajstić information content (AvgIpc) is 2.40. The Bertz CT molecular complexity index is 921. The van der Waals surface area contributed by atoms with Crippen LogP contribution in [0.5, 0.6) is 5.75 Å². The Morgan fingerprint density at radius 3 is 2.55 bits per heavy atom. The standard InChI is InChI=1S/C15H10O5/c1-7-2-4-10-8(6-7)14(17)13-11(20-10)5-3-9(16)12(13)15(18)19/h2-6,16H,1H3,(H,18,19). The third kappa shape index (κ3) is 1.64. The van der Waals surface area contributed by atoms with Gasteiger partial charge in [0.1, 0.15) is 22.5 Å². The van der Waals surface area contributed by atoms with Gasteiger partial charge in [0.05, 0.1) is 10.8 Å². The predicted octanol–water partition coefficient (Wildman–Crippen LogP) is 2.66. The zero-order valence-electron chi connectivity index (χ0n) is 10.5. The number of carboxylic acid groups (broad SMARTS) is 1. The fourth-order valence-corrected chi connectivity index (χ4v) is 2.26. The fourth-order valence-electron chi connectivity index (χ4n) is 2.26. The molecule has 0 fully saturated rings. The minimum Gasteiger partial charge on any atom is -0.507 e. The first-order valence-electron chi connectivity index (χ1n) is 5.91. The zero-order valence-corrected chi connectivity index (χ0v) is 10.5. The summed E-state index contributed by atoms with van der Waals surface area (Å²) in [5.74, 6) is -1.82. The van der Waals surface area contributed by atoms with Crippen LogP contribution in [0.3, 0.4) is 0 Å². The van der Waals surface area contributed by atoms with Gasteiger partial charge < -0.3 is 14.6 Å². The maximum absolute atomic E-state index is 12.5. The first-order chi connectivity index (χ1) is 9.49. The summed E-state index contributed by atoms with van der Waals surface area (Å²) in [5, 5.41) is 19.0. The summed E-state index contributed by atoms with van der Waals surface area (Å²) in [5.41, 5.74) is 0.496. The highest BCUT2D eigenvalue weighted by Crippen LogP contribution is 2.27. The van der Waals surface area contributed by atoms with E-state index in [0.29, 0.717) is 11.0 Å². The fraction of sp³-hybridized carbons (Fsp3) is 0.0667. The number of hydrogen-bond acceptors (Lipinski definition) is 4. The minimum atomic E-state index is -1.37. The molecule has 0 radical (unpaired) electrons. The molecule has 5 heteroatoms. The number of fused-ring (bicyclic) bond motifs is 2. The molecule has 2 aromatic carbocycles. The third-order valence-electron chi connectivity index (χ3n) is 3.19. The topological polar surface area (TPSA) is 87.7 Å². The van der Waals surface area contributed by atoms with Crippen molar-refractivity contribution >= 4 is 27.9 Å². The van der Waals surface area contributed by atoms with Crippen LogP contribution in [0, 0.1) is 6.92 Å². The Morgan fingerprint density at radius 1 is 1.15 bits per heavy atom. The predicted molar refractivity (Wildman–Crippen MR) is 73.4 cm³/mol. The number of aromatic hydroxyl groups is 1. The number of carbonyl (C=O) groups is 1. The molecule has 1 aromatic heterocycles. The van der Waals surface area contributed by atoms with Crippen LogP contribution in [0.4, 0.5) is 0 Å². The Balaban J connectivity index is 2.62. The van der Waals surface area contributed by atoms with Gasteiger partial charge in [0.2, 0.25) is 5.43 Å². The van der Waals surface area contributed by atoms with Gasteiger partial charge in [-0.25, -0.2) is 4.79 Å². The molecule has 0 saturated carbocycles. The Hall–Kier alpha value is -2.82. The van der Waals surface area contributed by atoms with Crippen LogP contribution < -0.4 is 5.43 Å². The number of aromatic carboxylic acids is 1. The highest BCUT2D eigenvalue weighted by atomic mass is 16.4. The lowest BCUT2D eigenvalue weighted by atomic mass is 10.0. The monoisotopic (exact) mass is 270 g/mol. The maximum atomic E-state index is 12.5. The summed E-state index contributed by atoms with van der Waals surface area (Å²) < 4.78 is 5.55. The summed E-state index contributed by atoms with van der Waals surface area (Å²) in [6.45, 7) is 1.82. The molecule has 0 atom stereocenters. The molecular formula is C15H10O5. The molecule has 2 N–H and O–H groups in total. The first-order valence-corrected chi connectivity index (χ1v) is 5.91. The number of benzene rings is 2. The van der Waals surface area contributed by atoms with Crippen molar-refractivity contribution in [1.29, 1.82) is 0 Å². The van der Waals surface area contributed by atoms with E-state index in [4.69, 9.17) is 4.42 Å². The highest BCUT2D eigenvalue weighted by Gasteiger charge is 2.19. The molecule has 3 rings (SSSR count). The molecule has 0 spiro atoms. The van der Waals surface area contributed by atoms with Crippen molar-refractivity contribution in [3.05, 3.63) is 51.7 Å². The second kappa shape index (κ2) is 4.09. The van der Waals surface area contributed by atoms with E-state index in [1.165, 1.54) is 12.1 Å². The highest BCUT2D eigenvalue weighted by molar-refractivity contribution is 6.06. The Morgan fingerprint density at radius 2 is 1.85 bits per heavy atom. The van der Waals surface area contributed by atoms with Crippen LogP contribution in [0.15, 0.2) is 39.5 Å². The molecule has 0 saturated heterocycles. The summed E-state index contributed by atoms with van der Waals surface area (Å²) >= 11 is 0. The van der Waals surface area contributed by atoms with Gasteiger partial charge in [-0.05, 0) is 31.2 Å². The summed E-state index contributed by atoms with van der Waals surface area (Å²) in [6.07, 6.45) is 0. The number of phenols is 1. The molecule has 0 aliphatic heterocycles. The van der Waals surface area contributed by atoms with E-state index >= 15 is 0 Å². The lowest BCUT2D eigenvalue weighted by Gasteiger charge is -2.06. The smallest absolute Gasteiger partial charge is 0.340 e. The van der Waals surface area contributed by atoms with E-state index < -0.39 is 22.7 Å². The molecule has 0 aliphatic rings. The van der Waals surface area contributed by atoms with Gasteiger partial charge in [0.15, 0.2) is 0 Å². The van der Waals surface area contributed by atoms with Crippen molar-refractivity contribution in [3.8, 4) is 5.75 Å². The van der Waals surface area contributed by atoms with Gasteiger partial charge in [-0.3, -0.25) is 4.79 Å². The maximum Gasteiger partial charge on any atom is 0.340 e. The lowest BCUT2D eigenvalue weighted by Crippen LogP contribution is -2.09. The van der Waals surface area contributed by atoms with Crippen LogP contribution in [0.2, 0.25) is 0 Å². The van der Waals surface area contributed by atoms with Gasteiger partial charge in [-0.2, -0.15) is 0 Å². The largest absolute Gasteiger partial charge is 0.507 e. The van der Waals surface area contributed by atoms with Gasteiger partial charge >= 0.3 is 5.97 Å². The summed E-state index contributed by atoms with van der Waals surface area (Å²) in [6, 6.07) is 7.69. The van der Waals surface area contributed by atoms with Crippen molar-refractivity contribution in [2.75, 3.05) is 0 Å². The number of rotatable bonds is 1. The number of aryl methyl sites for hydroxylation is 1. The quantitative estimate of drug-likeness (QED) is 0.664. The van der Waals surface area contributed by atoms with Crippen molar-refractivity contribution in [1.82, 2.24) is 0 Å². The molecule has 100 valence electrons. The van der Waals surface area contributed by atoms with Crippen LogP contribution in [-0.4, -0.2) is 16.2 Å². The van der Waals surface area contributed by atoms with E-state index in [9.17, 15) is 19.8 Å². The van der Waals surface area contributed by atoms with E-state index in [0.717, 1.165) is 5.56 Å². The van der Waals surface area contributed by atoms with Gasteiger partial charge in [0.25, 0.3) is 0 Å². The van der Waals surface area contributed by atoms with Gasteiger partial charge in [0, 0.05) is 0 Å². The van der Waals surface area contributed by atoms with Crippen molar-refractivity contribution in [2.24, 2.45) is 0 Å². The molecule has 0 aliphatic carbocycles. The molecule has 0 bridgehead atoms. The summed E-state index contributed by atoms with van der Waals surface area (Å²) in [7, 11) is 0. The van der Waals surface area contributed by atoms with Crippen LogP contribution in [-0.2, 0) is 0 Å². The van der Waals surface area contributed by atoms with Crippen LogP contribution in [0.1, 0.15) is 15.9 Å². The van der Waals surface area contributed by atoms with Crippen molar-refractivity contribution in [3.63, 3.8) is 0 Å². The van der Waals surface area contributed by atoms with Crippen LogP contribution in [0.25, 0.3) is 21.9 Å². The molecular weight excluding hydrogens is 260 g/mol. The third-order valence-corrected chi connectivity index (χ3v) is 3.19. The average molecular weight is 270 g/mol. The van der Waals surface area contributed by atoms with Crippen molar-refractivity contribution in [2.45, 2.75) is 6.92 Å². The second-order valence-electron chi connectivity index (χ2n) is 4.57. The second-order valence-corrected chi connectivity index (χ2v) is 4.57. The van der Waals surface area contributed by atoms with E-state index in [-0.39, 0.29) is 11.0 Å². The molecule has 20 heavy (non-hydrogen) atoms. The minimum absolute atomic E-state index is 0.115.